The molecule has 0 aliphatic carbocycles. The average Bonchev–Trinajstić information content (AvgIpc) is 3.04. The van der Waals surface area contributed by atoms with Crippen molar-refractivity contribution in [3.63, 3.8) is 0 Å². The molecule has 2 fully saturated rings. The molecule has 1 aromatic rings. The van der Waals surface area contributed by atoms with Gasteiger partial charge in [-0.15, -0.1) is 0 Å². The second-order valence-corrected chi connectivity index (χ2v) is 6.54. The van der Waals surface area contributed by atoms with Crippen molar-refractivity contribution in [1.29, 1.82) is 0 Å². The predicted octanol–water partition coefficient (Wildman–Crippen LogP) is 2.75. The predicted molar refractivity (Wildman–Crippen MR) is 86.9 cm³/mol. The summed E-state index contributed by atoms with van der Waals surface area (Å²) >= 11 is 0. The van der Waals surface area contributed by atoms with Crippen LogP contribution in [0.4, 0.5) is 0 Å². The summed E-state index contributed by atoms with van der Waals surface area (Å²) in [4.78, 5) is 15.0. The van der Waals surface area contributed by atoms with Crippen LogP contribution in [0.1, 0.15) is 44.2 Å². The topological polar surface area (TPSA) is 41.6 Å². The van der Waals surface area contributed by atoms with Crippen LogP contribution in [0.15, 0.2) is 24.3 Å². The summed E-state index contributed by atoms with van der Waals surface area (Å²) in [6, 6.07) is 8.86. The third-order valence-corrected chi connectivity index (χ3v) is 5.01. The zero-order chi connectivity index (χ0) is 15.5. The molecule has 0 saturated carbocycles. The minimum Gasteiger partial charge on any atom is -0.497 e. The largest absolute Gasteiger partial charge is 0.497 e. The monoisotopic (exact) mass is 302 g/mol. The minimum atomic E-state index is 0.190. The van der Waals surface area contributed by atoms with Gasteiger partial charge in [-0.1, -0.05) is 12.1 Å². The lowest BCUT2D eigenvalue weighted by atomic mass is 9.91. The first-order chi connectivity index (χ1) is 10.7. The number of methoxy groups -OCH3 is 1. The summed E-state index contributed by atoms with van der Waals surface area (Å²) in [5.74, 6) is 1.41. The fourth-order valence-corrected chi connectivity index (χ4v) is 3.79. The molecule has 2 aliphatic rings. The highest BCUT2D eigenvalue weighted by Gasteiger charge is 2.35. The quantitative estimate of drug-likeness (QED) is 0.933. The van der Waals surface area contributed by atoms with Crippen molar-refractivity contribution >= 4 is 5.91 Å². The van der Waals surface area contributed by atoms with Crippen LogP contribution in [-0.4, -0.2) is 37.0 Å². The lowest BCUT2D eigenvalue weighted by molar-refractivity contribution is -0.137. The van der Waals surface area contributed by atoms with Gasteiger partial charge >= 0.3 is 0 Å². The van der Waals surface area contributed by atoms with Crippen LogP contribution in [0.25, 0.3) is 0 Å². The molecule has 1 unspecified atom stereocenters. The summed E-state index contributed by atoms with van der Waals surface area (Å²) in [6.07, 6.45) is 4.10. The zero-order valence-electron chi connectivity index (χ0n) is 13.5. The number of likely N-dealkylation sites (tertiary alicyclic amines) is 1. The molecule has 120 valence electrons. The van der Waals surface area contributed by atoms with E-state index in [4.69, 9.17) is 4.74 Å². The number of nitrogens with zero attached hydrogens (tertiary/aromatic N) is 1. The summed E-state index contributed by atoms with van der Waals surface area (Å²) in [5, 5.41) is 3.43. The van der Waals surface area contributed by atoms with Gasteiger partial charge in [0.1, 0.15) is 5.75 Å². The van der Waals surface area contributed by atoms with Crippen molar-refractivity contribution in [1.82, 2.24) is 10.2 Å². The van der Waals surface area contributed by atoms with E-state index in [1.807, 2.05) is 12.1 Å². The molecule has 0 spiro atoms. The number of ether oxygens (including phenoxy) is 1. The maximum Gasteiger partial charge on any atom is 0.226 e. The SMILES string of the molecule is COc1ccc(C2CCCN2C(=O)[C@H]2CCN[C@@H](C)C2)cc1. The highest BCUT2D eigenvalue weighted by Crippen LogP contribution is 2.35. The van der Waals surface area contributed by atoms with E-state index in [0.717, 1.165) is 44.5 Å². The van der Waals surface area contributed by atoms with Gasteiger partial charge < -0.3 is 15.0 Å². The molecule has 22 heavy (non-hydrogen) atoms. The lowest BCUT2D eigenvalue weighted by Crippen LogP contribution is -2.44. The normalized spacial score (nSPS) is 28.6. The van der Waals surface area contributed by atoms with Gasteiger partial charge in [0.15, 0.2) is 0 Å². The molecular weight excluding hydrogens is 276 g/mol. The Hall–Kier alpha value is -1.55. The Balaban J connectivity index is 1.73. The number of piperidine rings is 1. The smallest absolute Gasteiger partial charge is 0.226 e. The number of nitrogens with one attached hydrogen (secondary N) is 1. The molecule has 0 radical (unpaired) electrons. The van der Waals surface area contributed by atoms with E-state index in [1.165, 1.54) is 5.56 Å². The number of rotatable bonds is 3. The van der Waals surface area contributed by atoms with Crippen LogP contribution >= 0.6 is 0 Å². The van der Waals surface area contributed by atoms with Crippen molar-refractivity contribution in [2.24, 2.45) is 5.92 Å². The molecule has 0 bridgehead atoms. The van der Waals surface area contributed by atoms with Gasteiger partial charge in [-0.05, 0) is 56.8 Å². The van der Waals surface area contributed by atoms with E-state index in [-0.39, 0.29) is 12.0 Å². The van der Waals surface area contributed by atoms with Crippen molar-refractivity contribution < 1.29 is 9.53 Å². The van der Waals surface area contributed by atoms with E-state index in [0.29, 0.717) is 11.9 Å². The van der Waals surface area contributed by atoms with Crippen molar-refractivity contribution in [2.75, 3.05) is 20.2 Å². The fraction of sp³-hybridized carbons (Fsp3) is 0.611. The Morgan fingerprint density at radius 1 is 1.27 bits per heavy atom. The van der Waals surface area contributed by atoms with E-state index in [9.17, 15) is 4.79 Å². The number of hydrogen-bond donors (Lipinski definition) is 1. The Kier molecular flexibility index (Phi) is 4.67. The van der Waals surface area contributed by atoms with Crippen LogP contribution in [-0.2, 0) is 4.79 Å². The molecule has 0 aromatic heterocycles. The van der Waals surface area contributed by atoms with Crippen molar-refractivity contribution in [3.8, 4) is 5.75 Å². The number of benzene rings is 1. The molecule has 2 saturated heterocycles. The van der Waals surface area contributed by atoms with Gasteiger partial charge in [0.05, 0.1) is 13.2 Å². The van der Waals surface area contributed by atoms with Crippen LogP contribution in [0, 0.1) is 5.92 Å². The third-order valence-electron chi connectivity index (χ3n) is 5.01. The number of hydrogen-bond acceptors (Lipinski definition) is 3. The first-order valence-electron chi connectivity index (χ1n) is 8.37. The molecule has 2 heterocycles. The number of carbonyl (C=O) groups excluding carboxylic acids is 1. The maximum atomic E-state index is 12.9. The first kappa shape index (κ1) is 15.3. The van der Waals surface area contributed by atoms with E-state index in [1.54, 1.807) is 7.11 Å². The first-order valence-corrected chi connectivity index (χ1v) is 8.37. The molecule has 1 N–H and O–H groups in total. The molecule has 4 nitrogen and oxygen atoms in total. The Bertz CT molecular complexity index is 514. The highest BCUT2D eigenvalue weighted by molar-refractivity contribution is 5.79. The maximum absolute atomic E-state index is 12.9. The summed E-state index contributed by atoms with van der Waals surface area (Å²) in [6.45, 7) is 4.02. The van der Waals surface area contributed by atoms with Gasteiger partial charge in [0.2, 0.25) is 5.91 Å². The average molecular weight is 302 g/mol. The highest BCUT2D eigenvalue weighted by atomic mass is 16.5. The summed E-state index contributed by atoms with van der Waals surface area (Å²) < 4.78 is 5.23. The van der Waals surface area contributed by atoms with Crippen molar-refractivity contribution in [3.05, 3.63) is 29.8 Å². The van der Waals surface area contributed by atoms with E-state index >= 15 is 0 Å². The van der Waals surface area contributed by atoms with Crippen molar-refractivity contribution in [2.45, 2.75) is 44.7 Å². The van der Waals surface area contributed by atoms with Gasteiger partial charge in [0, 0.05) is 18.5 Å². The van der Waals surface area contributed by atoms with Gasteiger partial charge in [-0.3, -0.25) is 4.79 Å². The molecule has 1 amide bonds. The van der Waals surface area contributed by atoms with E-state index in [2.05, 4.69) is 29.3 Å². The zero-order valence-corrected chi connectivity index (χ0v) is 13.5. The van der Waals surface area contributed by atoms with E-state index < -0.39 is 0 Å². The Morgan fingerprint density at radius 2 is 2.05 bits per heavy atom. The molecule has 1 aromatic carbocycles. The standard InChI is InChI=1S/C18H26N2O2/c1-13-12-15(9-10-19-13)18(21)20-11-3-4-17(20)14-5-7-16(22-2)8-6-14/h5-8,13,15,17,19H,3-4,9-12H2,1-2H3/t13-,15-,17?/m0/s1. The number of carbonyl (C=O) groups is 1. The van der Waals surface area contributed by atoms with Crippen LogP contribution < -0.4 is 10.1 Å². The molecule has 3 atom stereocenters. The second kappa shape index (κ2) is 6.69. The minimum absolute atomic E-state index is 0.190. The lowest BCUT2D eigenvalue weighted by Gasteiger charge is -2.33. The third kappa shape index (κ3) is 3.12. The number of amides is 1. The van der Waals surface area contributed by atoms with Crippen LogP contribution in [0.5, 0.6) is 5.75 Å². The molecule has 2 aliphatic heterocycles. The second-order valence-electron chi connectivity index (χ2n) is 6.54. The van der Waals surface area contributed by atoms with Crippen LogP contribution in [0.2, 0.25) is 0 Å². The van der Waals surface area contributed by atoms with Crippen LogP contribution in [0.3, 0.4) is 0 Å². The molecule has 3 rings (SSSR count). The molecule has 4 heteroatoms. The van der Waals surface area contributed by atoms with Gasteiger partial charge in [0.25, 0.3) is 0 Å². The van der Waals surface area contributed by atoms with Gasteiger partial charge in [-0.2, -0.15) is 0 Å². The Morgan fingerprint density at radius 3 is 2.73 bits per heavy atom. The summed E-state index contributed by atoms with van der Waals surface area (Å²) in [5.41, 5.74) is 1.23. The van der Waals surface area contributed by atoms with Gasteiger partial charge in [-0.25, -0.2) is 0 Å². The Labute approximate surface area is 132 Å². The summed E-state index contributed by atoms with van der Waals surface area (Å²) in [7, 11) is 1.68. The molecular formula is C18H26N2O2. The fourth-order valence-electron chi connectivity index (χ4n) is 3.79.